The summed E-state index contributed by atoms with van der Waals surface area (Å²) in [6.45, 7) is 1.57. The number of nitrogens with one attached hydrogen (secondary N) is 1. The monoisotopic (exact) mass is 290 g/mol. The van der Waals surface area contributed by atoms with E-state index in [9.17, 15) is 9.59 Å². The van der Waals surface area contributed by atoms with Crippen LogP contribution >= 0.6 is 0 Å². The Morgan fingerprint density at radius 2 is 1.95 bits per heavy atom. The smallest absolute Gasteiger partial charge is 0.252 e. The van der Waals surface area contributed by atoms with Crippen LogP contribution < -0.4 is 15.8 Å². The lowest BCUT2D eigenvalue weighted by Crippen LogP contribution is -2.37. The molecule has 1 unspecified atom stereocenters. The summed E-state index contributed by atoms with van der Waals surface area (Å²) in [5, 5.41) is 9.74. The van der Waals surface area contributed by atoms with E-state index in [0.717, 1.165) is 0 Å². The Labute approximate surface area is 120 Å². The molecule has 0 aliphatic heterocycles. The first-order valence-corrected chi connectivity index (χ1v) is 6.05. The highest BCUT2D eigenvalue weighted by Gasteiger charge is 2.26. The fourth-order valence-electron chi connectivity index (χ4n) is 1.64. The van der Waals surface area contributed by atoms with Gasteiger partial charge in [-0.15, -0.1) is 10.2 Å². The van der Waals surface area contributed by atoms with E-state index in [4.69, 9.17) is 14.9 Å². The van der Waals surface area contributed by atoms with Crippen molar-refractivity contribution in [3.8, 4) is 5.75 Å². The molecule has 3 N–H and O–H groups in total. The Kier molecular flexibility index (Phi) is 4.17. The van der Waals surface area contributed by atoms with Crippen molar-refractivity contribution in [1.29, 1.82) is 0 Å². The zero-order valence-electron chi connectivity index (χ0n) is 11.5. The number of amides is 2. The van der Waals surface area contributed by atoms with Gasteiger partial charge in [-0.1, -0.05) is 0 Å². The molecule has 0 fully saturated rings. The Balaban J connectivity index is 2.16. The van der Waals surface area contributed by atoms with Crippen LogP contribution in [-0.4, -0.2) is 29.1 Å². The fourth-order valence-corrected chi connectivity index (χ4v) is 1.64. The number of benzene rings is 1. The molecule has 2 rings (SSSR count). The van der Waals surface area contributed by atoms with Gasteiger partial charge >= 0.3 is 0 Å². The number of primary amides is 1. The average molecular weight is 290 g/mol. The molecule has 110 valence electrons. The quantitative estimate of drug-likeness (QED) is 0.819. The number of aromatic nitrogens is 2. The molecule has 1 aromatic heterocycles. The Morgan fingerprint density at radius 3 is 2.43 bits per heavy atom. The van der Waals surface area contributed by atoms with Crippen LogP contribution in [0.3, 0.4) is 0 Å². The van der Waals surface area contributed by atoms with Gasteiger partial charge in [0.1, 0.15) is 5.75 Å². The van der Waals surface area contributed by atoms with Crippen molar-refractivity contribution in [2.45, 2.75) is 13.0 Å². The average Bonchev–Trinajstić information content (AvgIpc) is 2.90. The number of aryl methyl sites for hydroxylation is 1. The second-order valence-electron chi connectivity index (χ2n) is 4.20. The van der Waals surface area contributed by atoms with E-state index in [-0.39, 0.29) is 11.8 Å². The maximum absolute atomic E-state index is 12.1. The van der Waals surface area contributed by atoms with Gasteiger partial charge in [-0.2, -0.15) is 0 Å². The molecule has 0 saturated heterocycles. The fraction of sp³-hybridized carbons (Fsp3) is 0.231. The second-order valence-corrected chi connectivity index (χ2v) is 4.20. The standard InChI is InChI=1S/C13H14N4O4/c1-7-16-17-13(21-7)10(11(14)18)15-12(19)8-3-5-9(20-2)6-4-8/h3-6,10H,1-2H3,(H2,14,18)(H,15,19). The summed E-state index contributed by atoms with van der Waals surface area (Å²) >= 11 is 0. The van der Waals surface area contributed by atoms with Crippen molar-refractivity contribution in [2.75, 3.05) is 7.11 Å². The van der Waals surface area contributed by atoms with E-state index in [2.05, 4.69) is 15.5 Å². The van der Waals surface area contributed by atoms with E-state index in [1.165, 1.54) is 7.11 Å². The zero-order valence-corrected chi connectivity index (χ0v) is 11.5. The van der Waals surface area contributed by atoms with Crippen LogP contribution in [0.25, 0.3) is 0 Å². The summed E-state index contributed by atoms with van der Waals surface area (Å²) in [6, 6.07) is 5.20. The van der Waals surface area contributed by atoms with E-state index in [1.807, 2.05) is 0 Å². The lowest BCUT2D eigenvalue weighted by molar-refractivity contribution is -0.120. The van der Waals surface area contributed by atoms with Gasteiger partial charge < -0.3 is 20.2 Å². The van der Waals surface area contributed by atoms with Crippen LogP contribution in [0.5, 0.6) is 5.75 Å². The second kappa shape index (κ2) is 6.04. The van der Waals surface area contributed by atoms with Crippen LogP contribution in [-0.2, 0) is 4.79 Å². The molecule has 1 heterocycles. The molecule has 2 aromatic rings. The first-order chi connectivity index (χ1) is 10.0. The van der Waals surface area contributed by atoms with Gasteiger partial charge in [0.25, 0.3) is 5.91 Å². The molecule has 1 aromatic carbocycles. The molecule has 0 saturated carbocycles. The first-order valence-electron chi connectivity index (χ1n) is 6.05. The number of nitrogens with zero attached hydrogens (tertiary/aromatic N) is 2. The number of hydrogen-bond donors (Lipinski definition) is 2. The Bertz CT molecular complexity index is 650. The van der Waals surface area contributed by atoms with Crippen molar-refractivity contribution < 1.29 is 18.7 Å². The summed E-state index contributed by atoms with van der Waals surface area (Å²) in [6.07, 6.45) is 0. The molecular weight excluding hydrogens is 276 g/mol. The summed E-state index contributed by atoms with van der Waals surface area (Å²) < 4.78 is 10.1. The molecule has 8 nitrogen and oxygen atoms in total. The zero-order chi connectivity index (χ0) is 15.4. The predicted octanol–water partition coefficient (Wildman–Crippen LogP) is 0.343. The topological polar surface area (TPSA) is 120 Å². The molecular formula is C13H14N4O4. The number of hydrogen-bond acceptors (Lipinski definition) is 6. The maximum atomic E-state index is 12.1. The van der Waals surface area contributed by atoms with E-state index in [0.29, 0.717) is 11.3 Å². The van der Waals surface area contributed by atoms with Gasteiger partial charge in [0.15, 0.2) is 6.04 Å². The molecule has 21 heavy (non-hydrogen) atoms. The third-order valence-corrected chi connectivity index (χ3v) is 2.70. The highest BCUT2D eigenvalue weighted by molar-refractivity contribution is 5.97. The summed E-state index contributed by atoms with van der Waals surface area (Å²) in [5.74, 6) is -0.444. The molecule has 0 aliphatic rings. The number of nitrogens with two attached hydrogens (primary N) is 1. The normalized spacial score (nSPS) is 11.7. The van der Waals surface area contributed by atoms with Crippen molar-refractivity contribution >= 4 is 11.8 Å². The number of carbonyl (C=O) groups is 2. The lowest BCUT2D eigenvalue weighted by atomic mass is 10.2. The van der Waals surface area contributed by atoms with Crippen LogP contribution in [0.2, 0.25) is 0 Å². The van der Waals surface area contributed by atoms with Gasteiger partial charge in [-0.25, -0.2) is 0 Å². The van der Waals surface area contributed by atoms with Gasteiger partial charge in [-0.3, -0.25) is 9.59 Å². The molecule has 0 bridgehead atoms. The van der Waals surface area contributed by atoms with Crippen LogP contribution in [0, 0.1) is 6.92 Å². The van der Waals surface area contributed by atoms with Crippen molar-refractivity contribution in [1.82, 2.24) is 15.5 Å². The van der Waals surface area contributed by atoms with E-state index in [1.54, 1.807) is 31.2 Å². The minimum Gasteiger partial charge on any atom is -0.497 e. The number of rotatable bonds is 5. The van der Waals surface area contributed by atoms with E-state index < -0.39 is 17.9 Å². The van der Waals surface area contributed by atoms with Crippen molar-refractivity contribution in [2.24, 2.45) is 5.73 Å². The summed E-state index contributed by atoms with van der Waals surface area (Å²) in [7, 11) is 1.52. The predicted molar refractivity (Wildman–Crippen MR) is 71.4 cm³/mol. The van der Waals surface area contributed by atoms with Crippen molar-refractivity contribution in [3.05, 3.63) is 41.6 Å². The van der Waals surface area contributed by atoms with Crippen LogP contribution in [0.1, 0.15) is 28.2 Å². The largest absolute Gasteiger partial charge is 0.497 e. The van der Waals surface area contributed by atoms with Crippen LogP contribution in [0.4, 0.5) is 0 Å². The number of ether oxygens (including phenoxy) is 1. The highest BCUT2D eigenvalue weighted by atomic mass is 16.5. The Morgan fingerprint density at radius 1 is 1.29 bits per heavy atom. The highest BCUT2D eigenvalue weighted by Crippen LogP contribution is 2.14. The van der Waals surface area contributed by atoms with Crippen LogP contribution in [0.15, 0.2) is 28.7 Å². The maximum Gasteiger partial charge on any atom is 0.252 e. The molecule has 0 aliphatic carbocycles. The minimum absolute atomic E-state index is 0.0538. The Hall–Kier alpha value is -2.90. The number of carbonyl (C=O) groups excluding carboxylic acids is 2. The summed E-state index contributed by atoms with van der Waals surface area (Å²) in [4.78, 5) is 23.5. The third kappa shape index (κ3) is 3.35. The third-order valence-electron chi connectivity index (χ3n) is 2.70. The minimum atomic E-state index is -1.18. The van der Waals surface area contributed by atoms with Gasteiger partial charge in [0, 0.05) is 12.5 Å². The number of methoxy groups -OCH3 is 1. The molecule has 2 amide bonds. The van der Waals surface area contributed by atoms with Crippen molar-refractivity contribution in [3.63, 3.8) is 0 Å². The lowest BCUT2D eigenvalue weighted by Gasteiger charge is -2.11. The van der Waals surface area contributed by atoms with Gasteiger partial charge in [0.05, 0.1) is 7.11 Å². The van der Waals surface area contributed by atoms with Gasteiger partial charge in [-0.05, 0) is 24.3 Å². The van der Waals surface area contributed by atoms with E-state index >= 15 is 0 Å². The first kappa shape index (κ1) is 14.5. The molecule has 0 spiro atoms. The SMILES string of the molecule is COc1ccc(C(=O)NC(C(N)=O)c2nnc(C)o2)cc1. The molecule has 8 heteroatoms. The molecule has 1 atom stereocenters. The summed E-state index contributed by atoms with van der Waals surface area (Å²) in [5.41, 5.74) is 5.59. The molecule has 0 radical (unpaired) electrons. The van der Waals surface area contributed by atoms with Gasteiger partial charge in [0.2, 0.25) is 17.7 Å².